The van der Waals surface area contributed by atoms with Gasteiger partial charge in [0.25, 0.3) is 5.91 Å². The molecule has 2 amide bonds. The first-order valence-electron chi connectivity index (χ1n) is 10.7. The summed E-state index contributed by atoms with van der Waals surface area (Å²) in [7, 11) is -3.69. The molecule has 3 aromatic carbocycles. The lowest BCUT2D eigenvalue weighted by Gasteiger charge is -2.36. The van der Waals surface area contributed by atoms with Crippen LogP contribution in [0.5, 0.6) is 0 Å². The number of sulfonamides is 1. The molecular weight excluding hydrogens is 445 g/mol. The van der Waals surface area contributed by atoms with E-state index in [1.807, 2.05) is 29.2 Å². The first-order valence-corrected chi connectivity index (χ1v) is 12.1. The van der Waals surface area contributed by atoms with Crippen LogP contribution in [0.15, 0.2) is 71.6 Å². The van der Waals surface area contributed by atoms with Crippen LogP contribution in [-0.4, -0.2) is 61.7 Å². The monoisotopic (exact) mass is 467 g/mol. The Morgan fingerprint density at radius 3 is 2.21 bits per heavy atom. The van der Waals surface area contributed by atoms with Crippen molar-refractivity contribution in [3.8, 4) is 0 Å². The molecule has 0 aromatic heterocycles. The van der Waals surface area contributed by atoms with Gasteiger partial charge in [-0.25, -0.2) is 17.7 Å². The van der Waals surface area contributed by atoms with Gasteiger partial charge >= 0.3 is 0 Å². The minimum Gasteiger partial charge on any atom is -0.289 e. The number of piperazine rings is 1. The van der Waals surface area contributed by atoms with Crippen molar-refractivity contribution >= 4 is 38.3 Å². The van der Waals surface area contributed by atoms with Crippen molar-refractivity contribution in [2.45, 2.75) is 17.4 Å². The number of amides is 2. The van der Waals surface area contributed by atoms with Crippen LogP contribution in [0.2, 0.25) is 0 Å². The van der Waals surface area contributed by atoms with Crippen LogP contribution in [-0.2, 0) is 19.6 Å². The molecule has 3 aromatic rings. The summed E-state index contributed by atoms with van der Waals surface area (Å²) >= 11 is 0. The van der Waals surface area contributed by atoms with Crippen LogP contribution in [0.3, 0.4) is 0 Å². The molecule has 2 saturated heterocycles. The maximum Gasteiger partial charge on any atom is 0.251 e. The molecule has 2 aliphatic heterocycles. The molecule has 0 aliphatic carbocycles. The molecule has 1 atom stereocenters. The second-order valence-electron chi connectivity index (χ2n) is 8.19. The topological polar surface area (TPSA) is 78.0 Å². The van der Waals surface area contributed by atoms with Crippen LogP contribution < -0.4 is 4.90 Å². The zero-order valence-corrected chi connectivity index (χ0v) is 18.5. The standard InChI is InChI=1S/C24H22FN3O4S/c25-20-7-3-4-8-21(20)28-23(29)16-22(24(28)30)26-11-13-27(14-12-26)33(31,32)19-10-9-17-5-1-2-6-18(17)15-19/h1-10,15,22H,11-14,16H2/t22-/m1/s1. The van der Waals surface area contributed by atoms with Gasteiger partial charge < -0.3 is 0 Å². The molecule has 0 radical (unpaired) electrons. The lowest BCUT2D eigenvalue weighted by molar-refractivity contribution is -0.123. The highest BCUT2D eigenvalue weighted by Gasteiger charge is 2.44. The third-order valence-electron chi connectivity index (χ3n) is 6.29. The zero-order chi connectivity index (χ0) is 23.2. The highest BCUT2D eigenvalue weighted by atomic mass is 32.2. The van der Waals surface area contributed by atoms with E-state index in [-0.39, 0.29) is 30.1 Å². The van der Waals surface area contributed by atoms with E-state index in [0.717, 1.165) is 15.7 Å². The number of carbonyl (C=O) groups excluding carboxylic acids is 2. The fourth-order valence-corrected chi connectivity index (χ4v) is 5.98. The lowest BCUT2D eigenvalue weighted by atomic mass is 10.1. The molecule has 7 nitrogen and oxygen atoms in total. The number of hydrogen-bond acceptors (Lipinski definition) is 5. The Morgan fingerprint density at radius 1 is 0.818 bits per heavy atom. The highest BCUT2D eigenvalue weighted by molar-refractivity contribution is 7.89. The largest absolute Gasteiger partial charge is 0.289 e. The smallest absolute Gasteiger partial charge is 0.251 e. The summed E-state index contributed by atoms with van der Waals surface area (Å²) in [6.45, 7) is 1.02. The van der Waals surface area contributed by atoms with Crippen molar-refractivity contribution < 1.29 is 22.4 Å². The van der Waals surface area contributed by atoms with E-state index in [1.54, 1.807) is 24.3 Å². The van der Waals surface area contributed by atoms with Crippen molar-refractivity contribution in [3.63, 3.8) is 0 Å². The van der Waals surface area contributed by atoms with Gasteiger partial charge in [-0.1, -0.05) is 42.5 Å². The normalized spacial score (nSPS) is 20.6. The minimum absolute atomic E-state index is 0.0486. The molecule has 0 saturated carbocycles. The van der Waals surface area contributed by atoms with Crippen molar-refractivity contribution in [1.82, 2.24) is 9.21 Å². The van der Waals surface area contributed by atoms with Gasteiger partial charge in [0.1, 0.15) is 5.82 Å². The number of fused-ring (bicyclic) bond motifs is 1. The number of rotatable bonds is 4. The Kier molecular flexibility index (Phi) is 5.48. The van der Waals surface area contributed by atoms with E-state index < -0.39 is 33.7 Å². The van der Waals surface area contributed by atoms with Crippen LogP contribution in [0.4, 0.5) is 10.1 Å². The molecule has 170 valence electrons. The molecule has 2 fully saturated rings. The molecule has 0 unspecified atom stereocenters. The maximum absolute atomic E-state index is 14.2. The van der Waals surface area contributed by atoms with Crippen LogP contribution >= 0.6 is 0 Å². The van der Waals surface area contributed by atoms with Gasteiger partial charge in [0.05, 0.1) is 23.0 Å². The van der Waals surface area contributed by atoms with Crippen molar-refractivity contribution in [2.75, 3.05) is 31.1 Å². The van der Waals surface area contributed by atoms with Crippen molar-refractivity contribution in [1.29, 1.82) is 0 Å². The van der Waals surface area contributed by atoms with Gasteiger partial charge in [-0.2, -0.15) is 4.31 Å². The highest BCUT2D eigenvalue weighted by Crippen LogP contribution is 2.29. The number of imide groups is 1. The summed E-state index contributed by atoms with van der Waals surface area (Å²) in [5, 5.41) is 1.81. The van der Waals surface area contributed by atoms with Crippen molar-refractivity contribution in [3.05, 3.63) is 72.5 Å². The van der Waals surface area contributed by atoms with E-state index in [9.17, 15) is 22.4 Å². The molecular formula is C24H22FN3O4S. The zero-order valence-electron chi connectivity index (χ0n) is 17.7. The Hall–Kier alpha value is -3.14. The van der Waals surface area contributed by atoms with Crippen LogP contribution in [0.1, 0.15) is 6.42 Å². The summed E-state index contributed by atoms with van der Waals surface area (Å²) in [6, 6.07) is 17.6. The average molecular weight is 468 g/mol. The average Bonchev–Trinajstić information content (AvgIpc) is 3.13. The van der Waals surface area contributed by atoms with Gasteiger partial charge in [0.15, 0.2) is 0 Å². The molecule has 33 heavy (non-hydrogen) atoms. The molecule has 0 spiro atoms. The van der Waals surface area contributed by atoms with Crippen LogP contribution in [0, 0.1) is 5.82 Å². The molecule has 2 heterocycles. The molecule has 5 rings (SSSR count). The van der Waals surface area contributed by atoms with Crippen LogP contribution in [0.25, 0.3) is 10.8 Å². The Balaban J connectivity index is 1.30. The lowest BCUT2D eigenvalue weighted by Crippen LogP contribution is -2.53. The Morgan fingerprint density at radius 2 is 1.48 bits per heavy atom. The number of benzene rings is 3. The number of nitrogens with zero attached hydrogens (tertiary/aromatic N) is 3. The van der Waals surface area contributed by atoms with Gasteiger partial charge in [0.2, 0.25) is 15.9 Å². The molecule has 9 heteroatoms. The molecule has 0 N–H and O–H groups in total. The SMILES string of the molecule is O=C1C[C@@H](N2CCN(S(=O)(=O)c3ccc4ccccc4c3)CC2)C(=O)N1c1ccccc1F. The van der Waals surface area contributed by atoms with E-state index in [1.165, 1.54) is 22.5 Å². The Labute approximate surface area is 191 Å². The fraction of sp³-hybridized carbons (Fsp3) is 0.250. The summed E-state index contributed by atoms with van der Waals surface area (Å²) < 4.78 is 41.9. The predicted octanol–water partition coefficient (Wildman–Crippen LogP) is 2.62. The molecule has 2 aliphatic rings. The number of anilines is 1. The first kappa shape index (κ1) is 21.7. The second-order valence-corrected chi connectivity index (χ2v) is 10.1. The van der Waals surface area contributed by atoms with E-state index >= 15 is 0 Å². The fourth-order valence-electron chi connectivity index (χ4n) is 4.52. The predicted molar refractivity (Wildman–Crippen MR) is 122 cm³/mol. The first-order chi connectivity index (χ1) is 15.9. The third kappa shape index (κ3) is 3.82. The number of halogens is 1. The summed E-state index contributed by atoms with van der Waals surface area (Å²) in [4.78, 5) is 28.4. The number of carbonyl (C=O) groups is 2. The van der Waals surface area contributed by atoms with Gasteiger partial charge in [-0.05, 0) is 35.0 Å². The third-order valence-corrected chi connectivity index (χ3v) is 8.18. The van der Waals surface area contributed by atoms with Gasteiger partial charge in [0, 0.05) is 26.2 Å². The van der Waals surface area contributed by atoms with E-state index in [2.05, 4.69) is 0 Å². The summed E-state index contributed by atoms with van der Waals surface area (Å²) in [5.74, 6) is -1.57. The number of hydrogen-bond donors (Lipinski definition) is 0. The maximum atomic E-state index is 14.2. The second kappa shape index (κ2) is 8.33. The summed E-state index contributed by atoms with van der Waals surface area (Å²) in [6.07, 6.45) is -0.0510. The minimum atomic E-state index is -3.69. The van der Waals surface area contributed by atoms with Crippen molar-refractivity contribution in [2.24, 2.45) is 0 Å². The van der Waals surface area contributed by atoms with E-state index in [0.29, 0.717) is 13.1 Å². The Bertz CT molecular complexity index is 1350. The van der Waals surface area contributed by atoms with E-state index in [4.69, 9.17) is 0 Å². The number of para-hydroxylation sites is 1. The van der Waals surface area contributed by atoms with Gasteiger partial charge in [-0.15, -0.1) is 0 Å². The molecule has 0 bridgehead atoms. The van der Waals surface area contributed by atoms with Gasteiger partial charge in [-0.3, -0.25) is 14.5 Å². The summed E-state index contributed by atoms with van der Waals surface area (Å²) in [5.41, 5.74) is -0.0486. The quantitative estimate of drug-likeness (QED) is 0.552.